The lowest BCUT2D eigenvalue weighted by Crippen LogP contribution is -2.39. The number of nitrogens with one attached hydrogen (secondary N) is 1. The summed E-state index contributed by atoms with van der Waals surface area (Å²) in [5, 5.41) is 8.96. The second kappa shape index (κ2) is 8.65. The van der Waals surface area contributed by atoms with Gasteiger partial charge in [-0.05, 0) is 30.0 Å². The monoisotopic (exact) mass is 357 g/mol. The SMILES string of the molecule is CCC[C@H]1CN(Cc2cccc(C#N)c2)C[C@@H]1NS(C)(=O)=O.Cl. The molecule has 1 aliphatic heterocycles. The molecule has 0 amide bonds. The van der Waals surface area contributed by atoms with Gasteiger partial charge in [0, 0.05) is 25.7 Å². The Bertz CT molecular complexity index is 658. The maximum absolute atomic E-state index is 11.5. The smallest absolute Gasteiger partial charge is 0.209 e. The van der Waals surface area contributed by atoms with E-state index >= 15 is 0 Å². The lowest BCUT2D eigenvalue weighted by Gasteiger charge is -2.17. The van der Waals surface area contributed by atoms with Gasteiger partial charge in [0.25, 0.3) is 0 Å². The number of benzene rings is 1. The molecule has 1 aromatic rings. The highest BCUT2D eigenvalue weighted by Gasteiger charge is 2.33. The summed E-state index contributed by atoms with van der Waals surface area (Å²) in [6, 6.07) is 9.72. The van der Waals surface area contributed by atoms with E-state index in [9.17, 15) is 8.42 Å². The molecule has 2 atom stereocenters. The summed E-state index contributed by atoms with van der Waals surface area (Å²) in [7, 11) is -3.19. The molecular weight excluding hydrogens is 334 g/mol. The van der Waals surface area contributed by atoms with Crippen LogP contribution in [0.5, 0.6) is 0 Å². The average molecular weight is 358 g/mol. The number of nitriles is 1. The number of nitrogens with zero attached hydrogens (tertiary/aromatic N) is 2. The van der Waals surface area contributed by atoms with Crippen molar-refractivity contribution in [3.05, 3.63) is 35.4 Å². The molecule has 0 aliphatic carbocycles. The van der Waals surface area contributed by atoms with Gasteiger partial charge in [-0.3, -0.25) is 4.90 Å². The van der Waals surface area contributed by atoms with Crippen LogP contribution in [0.2, 0.25) is 0 Å². The van der Waals surface area contributed by atoms with Gasteiger partial charge in [0.1, 0.15) is 0 Å². The first kappa shape index (κ1) is 19.9. The van der Waals surface area contributed by atoms with Gasteiger partial charge in [-0.1, -0.05) is 25.5 Å². The van der Waals surface area contributed by atoms with Gasteiger partial charge in [0.2, 0.25) is 10.0 Å². The molecule has 0 radical (unpaired) electrons. The summed E-state index contributed by atoms with van der Waals surface area (Å²) in [6.07, 6.45) is 3.28. The first-order valence-electron chi connectivity index (χ1n) is 7.60. The van der Waals surface area contributed by atoms with E-state index in [4.69, 9.17) is 5.26 Å². The van der Waals surface area contributed by atoms with Crippen molar-refractivity contribution in [3.8, 4) is 6.07 Å². The summed E-state index contributed by atoms with van der Waals surface area (Å²) in [6.45, 7) is 4.47. The number of sulfonamides is 1. The van der Waals surface area contributed by atoms with E-state index < -0.39 is 10.0 Å². The summed E-state index contributed by atoms with van der Waals surface area (Å²) >= 11 is 0. The van der Waals surface area contributed by atoms with Gasteiger partial charge < -0.3 is 0 Å². The van der Waals surface area contributed by atoms with Crippen LogP contribution in [0.1, 0.15) is 30.9 Å². The predicted octanol–water partition coefficient (Wildman–Crippen LogP) is 2.13. The molecule has 7 heteroatoms. The van der Waals surface area contributed by atoms with Crippen LogP contribution in [0.3, 0.4) is 0 Å². The van der Waals surface area contributed by atoms with Crippen LogP contribution in [0, 0.1) is 17.2 Å². The van der Waals surface area contributed by atoms with Crippen molar-refractivity contribution in [1.29, 1.82) is 5.26 Å². The van der Waals surface area contributed by atoms with E-state index in [1.807, 2.05) is 18.2 Å². The van der Waals surface area contributed by atoms with E-state index in [0.29, 0.717) is 18.0 Å². The quantitative estimate of drug-likeness (QED) is 0.846. The molecule has 0 aromatic heterocycles. The summed E-state index contributed by atoms with van der Waals surface area (Å²) in [4.78, 5) is 2.26. The Morgan fingerprint density at radius 3 is 2.74 bits per heavy atom. The van der Waals surface area contributed by atoms with Crippen LogP contribution in [0.25, 0.3) is 0 Å². The zero-order valence-corrected chi connectivity index (χ0v) is 15.2. The molecule has 0 bridgehead atoms. The fourth-order valence-electron chi connectivity index (χ4n) is 3.16. The molecule has 1 aliphatic rings. The van der Waals surface area contributed by atoms with E-state index in [1.54, 1.807) is 6.07 Å². The second-order valence-electron chi connectivity index (χ2n) is 6.05. The first-order valence-corrected chi connectivity index (χ1v) is 9.49. The minimum atomic E-state index is -3.19. The number of rotatable bonds is 6. The Morgan fingerprint density at radius 2 is 2.13 bits per heavy atom. The number of hydrogen-bond acceptors (Lipinski definition) is 4. The molecule has 128 valence electrons. The van der Waals surface area contributed by atoms with Crippen molar-refractivity contribution in [2.45, 2.75) is 32.4 Å². The normalized spacial score (nSPS) is 21.6. The Kier molecular flexibility index (Phi) is 7.49. The van der Waals surface area contributed by atoms with E-state index in [1.165, 1.54) is 6.26 Å². The molecule has 2 rings (SSSR count). The standard InChI is InChI=1S/C16H23N3O2S.ClH/c1-3-5-15-11-19(12-16(15)18-22(2,20)21)10-14-7-4-6-13(8-14)9-17;/h4,6-8,15-16,18H,3,5,10-12H2,1-2H3;1H/t15-,16-;/m0./s1. The van der Waals surface area contributed by atoms with Gasteiger partial charge in [-0.15, -0.1) is 12.4 Å². The van der Waals surface area contributed by atoms with Crippen molar-refractivity contribution >= 4 is 22.4 Å². The van der Waals surface area contributed by atoms with E-state index in [-0.39, 0.29) is 18.4 Å². The molecule has 1 N–H and O–H groups in total. The maximum atomic E-state index is 11.5. The fourth-order valence-corrected chi connectivity index (χ4v) is 3.98. The first-order chi connectivity index (χ1) is 10.4. The summed E-state index contributed by atoms with van der Waals surface area (Å²) in [5.74, 6) is 0.346. The van der Waals surface area contributed by atoms with Gasteiger partial charge in [-0.25, -0.2) is 13.1 Å². The molecule has 0 spiro atoms. The molecule has 1 fully saturated rings. The highest BCUT2D eigenvalue weighted by molar-refractivity contribution is 7.88. The van der Waals surface area contributed by atoms with Crippen molar-refractivity contribution in [3.63, 3.8) is 0 Å². The topological polar surface area (TPSA) is 73.2 Å². The molecule has 1 heterocycles. The third-order valence-electron chi connectivity index (χ3n) is 4.00. The molecular formula is C16H24ClN3O2S. The van der Waals surface area contributed by atoms with Crippen LogP contribution < -0.4 is 4.72 Å². The summed E-state index contributed by atoms with van der Waals surface area (Å²) in [5.41, 5.74) is 1.75. The zero-order valence-electron chi connectivity index (χ0n) is 13.5. The van der Waals surface area contributed by atoms with Gasteiger partial charge >= 0.3 is 0 Å². The summed E-state index contributed by atoms with van der Waals surface area (Å²) < 4.78 is 25.8. The Labute approximate surface area is 145 Å². The maximum Gasteiger partial charge on any atom is 0.209 e. The zero-order chi connectivity index (χ0) is 16.2. The molecule has 0 saturated carbocycles. The molecule has 1 aromatic carbocycles. The minimum absolute atomic E-state index is 0. The largest absolute Gasteiger partial charge is 0.297 e. The average Bonchev–Trinajstić information content (AvgIpc) is 2.79. The number of halogens is 1. The minimum Gasteiger partial charge on any atom is -0.297 e. The van der Waals surface area contributed by atoms with Crippen molar-refractivity contribution < 1.29 is 8.42 Å². The molecule has 0 unspecified atom stereocenters. The van der Waals surface area contributed by atoms with Crippen molar-refractivity contribution in [2.24, 2.45) is 5.92 Å². The molecule has 1 saturated heterocycles. The van der Waals surface area contributed by atoms with Crippen LogP contribution in [-0.4, -0.2) is 38.7 Å². The van der Waals surface area contributed by atoms with E-state index in [0.717, 1.165) is 31.5 Å². The van der Waals surface area contributed by atoms with Crippen molar-refractivity contribution in [2.75, 3.05) is 19.3 Å². The third-order valence-corrected chi connectivity index (χ3v) is 4.73. The Hall–Kier alpha value is -1.13. The predicted molar refractivity (Wildman–Crippen MR) is 93.8 cm³/mol. The molecule has 23 heavy (non-hydrogen) atoms. The Balaban J connectivity index is 0.00000264. The highest BCUT2D eigenvalue weighted by atomic mass is 35.5. The third kappa shape index (κ3) is 6.11. The van der Waals surface area contributed by atoms with Crippen LogP contribution in [0.4, 0.5) is 0 Å². The molecule has 5 nitrogen and oxygen atoms in total. The van der Waals surface area contributed by atoms with Gasteiger partial charge in [0.15, 0.2) is 0 Å². The fraction of sp³-hybridized carbons (Fsp3) is 0.562. The lowest BCUT2D eigenvalue weighted by atomic mass is 9.99. The number of likely N-dealkylation sites (tertiary alicyclic amines) is 1. The van der Waals surface area contributed by atoms with Gasteiger partial charge in [-0.2, -0.15) is 5.26 Å². The van der Waals surface area contributed by atoms with Gasteiger partial charge in [0.05, 0.1) is 17.9 Å². The second-order valence-corrected chi connectivity index (χ2v) is 7.83. The van der Waals surface area contributed by atoms with Crippen LogP contribution in [0.15, 0.2) is 24.3 Å². The van der Waals surface area contributed by atoms with Crippen LogP contribution in [-0.2, 0) is 16.6 Å². The van der Waals surface area contributed by atoms with E-state index in [2.05, 4.69) is 22.6 Å². The lowest BCUT2D eigenvalue weighted by molar-refractivity contribution is 0.312. The van der Waals surface area contributed by atoms with Crippen molar-refractivity contribution in [1.82, 2.24) is 9.62 Å². The Morgan fingerprint density at radius 1 is 1.39 bits per heavy atom. The highest BCUT2D eigenvalue weighted by Crippen LogP contribution is 2.24. The van der Waals surface area contributed by atoms with Crippen LogP contribution >= 0.6 is 12.4 Å². The number of hydrogen-bond donors (Lipinski definition) is 1.